The summed E-state index contributed by atoms with van der Waals surface area (Å²) in [6.45, 7) is 0. The van der Waals surface area contributed by atoms with E-state index < -0.39 is 4.12 Å². The fourth-order valence-corrected chi connectivity index (χ4v) is 0.127. The number of hydrogen-bond donors (Lipinski definition) is 1. The summed E-state index contributed by atoms with van der Waals surface area (Å²) >= 11 is 0.628. The Morgan fingerprint density at radius 2 is 2.00 bits per heavy atom. The maximum Gasteiger partial charge on any atom is 0.435 e. The van der Waals surface area contributed by atoms with Crippen molar-refractivity contribution in [3.8, 4) is 0 Å². The Bertz CT molecular complexity index is 61.5. The summed E-state index contributed by atoms with van der Waals surface area (Å²) in [6.07, 6.45) is 0. The molecule has 0 fully saturated rings. The third-order valence-electron chi connectivity index (χ3n) is 0.159. The first-order chi connectivity index (χ1) is 3.56. The van der Waals surface area contributed by atoms with Crippen molar-refractivity contribution in [2.75, 3.05) is 0 Å². The normalized spacial score (nSPS) is 12.0. The Morgan fingerprint density at radius 3 is 2.12 bits per heavy atom. The maximum absolute atomic E-state index is 11.4. The van der Waals surface area contributed by atoms with Gasteiger partial charge in [0.15, 0.2) is 0 Å². The lowest BCUT2D eigenvalue weighted by Gasteiger charge is -2.02. The molecule has 0 saturated heterocycles. The van der Waals surface area contributed by atoms with Gasteiger partial charge in [-0.15, -0.1) is 4.89 Å². The fourth-order valence-electron chi connectivity index (χ4n) is 0.0538. The van der Waals surface area contributed by atoms with E-state index in [2.05, 4.69) is 15.0 Å². The molecule has 50 valence electrons. The molecule has 0 amide bonds. The predicted octanol–water partition coefficient (Wildman–Crippen LogP) is 1.32. The average molecular weight is 242 g/mol. The first-order valence-electron chi connectivity index (χ1n) is 1.29. The molecular formula is CHF2IO4. The molecule has 0 aromatic rings. The van der Waals surface area contributed by atoms with Gasteiger partial charge in [-0.2, -0.15) is 8.78 Å². The standard InChI is InChI=1S/CHF2IO4/c2-1(3,4)6-8-7-5/h5H. The summed E-state index contributed by atoms with van der Waals surface area (Å²) < 4.78 is 19.2. The van der Waals surface area contributed by atoms with Crippen molar-refractivity contribution < 1.29 is 29.0 Å². The topological polar surface area (TPSA) is 47.9 Å². The van der Waals surface area contributed by atoms with E-state index >= 15 is 0 Å². The molecule has 0 radical (unpaired) electrons. The van der Waals surface area contributed by atoms with Crippen LogP contribution in [0.1, 0.15) is 0 Å². The van der Waals surface area contributed by atoms with Crippen LogP contribution < -0.4 is 0 Å². The zero-order valence-electron chi connectivity index (χ0n) is 3.31. The van der Waals surface area contributed by atoms with Crippen LogP contribution in [0.4, 0.5) is 8.78 Å². The molecule has 4 nitrogen and oxygen atoms in total. The molecule has 8 heavy (non-hydrogen) atoms. The first kappa shape index (κ1) is 8.43. The number of halogens is 3. The zero-order chi connectivity index (χ0) is 6.62. The quantitative estimate of drug-likeness (QED) is 0.351. The van der Waals surface area contributed by atoms with E-state index in [4.69, 9.17) is 5.26 Å². The van der Waals surface area contributed by atoms with Gasteiger partial charge in [-0.1, -0.05) is 0 Å². The van der Waals surface area contributed by atoms with E-state index in [-0.39, 0.29) is 0 Å². The molecule has 0 aliphatic carbocycles. The molecule has 0 spiro atoms. The molecule has 7 heteroatoms. The molecule has 0 aromatic heterocycles. The highest BCUT2D eigenvalue weighted by molar-refractivity contribution is 14.1. The van der Waals surface area contributed by atoms with Gasteiger partial charge in [-0.3, -0.25) is 0 Å². The van der Waals surface area contributed by atoms with Crippen molar-refractivity contribution in [2.24, 2.45) is 0 Å². The molecule has 0 rings (SSSR count). The van der Waals surface area contributed by atoms with E-state index in [1.807, 2.05) is 0 Å². The highest BCUT2D eigenvalue weighted by atomic mass is 127. The molecule has 0 aromatic carbocycles. The molecule has 0 bridgehead atoms. The fraction of sp³-hybridized carbons (Fsp3) is 1.00. The van der Waals surface area contributed by atoms with Crippen LogP contribution in [-0.2, 0) is 15.0 Å². The third-order valence-corrected chi connectivity index (χ3v) is 0.339. The Labute approximate surface area is 56.3 Å². The van der Waals surface area contributed by atoms with Gasteiger partial charge >= 0.3 is 4.12 Å². The SMILES string of the molecule is OOOOC(F)(F)I. The Kier molecular flexibility index (Phi) is 3.64. The van der Waals surface area contributed by atoms with Gasteiger partial charge in [0.1, 0.15) is 0 Å². The summed E-state index contributed by atoms with van der Waals surface area (Å²) in [5.41, 5.74) is 0. The largest absolute Gasteiger partial charge is 0.435 e. The first-order valence-corrected chi connectivity index (χ1v) is 2.37. The minimum absolute atomic E-state index is 0.628. The van der Waals surface area contributed by atoms with Crippen LogP contribution in [0, 0.1) is 0 Å². The van der Waals surface area contributed by atoms with Crippen molar-refractivity contribution in [2.45, 2.75) is 4.12 Å². The number of alkyl halides is 3. The minimum atomic E-state index is -3.49. The number of hydrogen-bond acceptors (Lipinski definition) is 4. The highest BCUT2D eigenvalue weighted by Gasteiger charge is 2.26. The average Bonchev–Trinajstić information content (AvgIpc) is 1.59. The van der Waals surface area contributed by atoms with Gasteiger partial charge < -0.3 is 0 Å². The van der Waals surface area contributed by atoms with Crippen LogP contribution in [0.5, 0.6) is 0 Å². The van der Waals surface area contributed by atoms with Crippen LogP contribution >= 0.6 is 22.6 Å². The molecule has 0 aliphatic rings. The van der Waals surface area contributed by atoms with Gasteiger partial charge in [0.05, 0.1) is 0 Å². The van der Waals surface area contributed by atoms with Gasteiger partial charge in [0.25, 0.3) is 0 Å². The van der Waals surface area contributed by atoms with Crippen LogP contribution in [-0.4, -0.2) is 9.37 Å². The second-order valence-corrected chi connectivity index (χ2v) is 1.93. The lowest BCUT2D eigenvalue weighted by molar-refractivity contribution is -0.648. The van der Waals surface area contributed by atoms with Gasteiger partial charge in [0, 0.05) is 22.6 Å². The lowest BCUT2D eigenvalue weighted by atomic mass is 11.5. The van der Waals surface area contributed by atoms with E-state index in [9.17, 15) is 8.78 Å². The minimum Gasteiger partial charge on any atom is -0.219 e. The molecule has 0 heterocycles. The molecule has 1 N–H and O–H groups in total. The molecule has 0 unspecified atom stereocenters. The van der Waals surface area contributed by atoms with Crippen LogP contribution in [0.15, 0.2) is 0 Å². The van der Waals surface area contributed by atoms with E-state index in [1.165, 1.54) is 0 Å². The van der Waals surface area contributed by atoms with Crippen molar-refractivity contribution in [3.63, 3.8) is 0 Å². The Hall–Kier alpha value is 0.430. The predicted molar refractivity (Wildman–Crippen MR) is 24.9 cm³/mol. The van der Waals surface area contributed by atoms with Gasteiger partial charge in [-0.25, -0.2) is 5.26 Å². The van der Waals surface area contributed by atoms with Crippen LogP contribution in [0.2, 0.25) is 0 Å². The Morgan fingerprint density at radius 1 is 1.50 bits per heavy atom. The molecular weight excluding hydrogens is 241 g/mol. The molecule has 0 atom stereocenters. The molecule has 0 saturated carbocycles. The van der Waals surface area contributed by atoms with Gasteiger partial charge in [-0.05, 0) is 10.1 Å². The second kappa shape index (κ2) is 3.45. The molecule has 0 aliphatic heterocycles. The van der Waals surface area contributed by atoms with Crippen molar-refractivity contribution in [3.05, 3.63) is 0 Å². The van der Waals surface area contributed by atoms with Crippen LogP contribution in [0.25, 0.3) is 0 Å². The van der Waals surface area contributed by atoms with Gasteiger partial charge in [0.2, 0.25) is 0 Å². The van der Waals surface area contributed by atoms with Crippen molar-refractivity contribution in [1.82, 2.24) is 0 Å². The van der Waals surface area contributed by atoms with E-state index in [1.54, 1.807) is 0 Å². The van der Waals surface area contributed by atoms with Crippen LogP contribution in [0.3, 0.4) is 0 Å². The van der Waals surface area contributed by atoms with Crippen molar-refractivity contribution >= 4 is 22.6 Å². The Balaban J connectivity index is 3.11. The smallest absolute Gasteiger partial charge is 0.219 e. The van der Waals surface area contributed by atoms with E-state index in [0.29, 0.717) is 22.6 Å². The number of rotatable bonds is 3. The summed E-state index contributed by atoms with van der Waals surface area (Å²) in [4.78, 5) is 3.06. The second-order valence-electron chi connectivity index (χ2n) is 0.672. The maximum atomic E-state index is 11.4. The lowest BCUT2D eigenvalue weighted by Crippen LogP contribution is -2.10. The van der Waals surface area contributed by atoms with E-state index in [0.717, 1.165) is 0 Å². The summed E-state index contributed by atoms with van der Waals surface area (Å²) in [5, 5.41) is 13.0. The summed E-state index contributed by atoms with van der Waals surface area (Å²) in [6, 6.07) is 0. The summed E-state index contributed by atoms with van der Waals surface area (Å²) in [7, 11) is 0. The third kappa shape index (κ3) is 6.43. The van der Waals surface area contributed by atoms with Crippen molar-refractivity contribution in [1.29, 1.82) is 0 Å². The highest BCUT2D eigenvalue weighted by Crippen LogP contribution is 2.23. The monoisotopic (exact) mass is 242 g/mol. The summed E-state index contributed by atoms with van der Waals surface area (Å²) in [5.74, 6) is 0. The zero-order valence-corrected chi connectivity index (χ0v) is 5.46.